The van der Waals surface area contributed by atoms with E-state index in [0.717, 1.165) is 5.69 Å². The van der Waals surface area contributed by atoms with Crippen molar-refractivity contribution in [2.24, 2.45) is 0 Å². The predicted octanol–water partition coefficient (Wildman–Crippen LogP) is 0.294. The number of hydrogen-bond acceptors (Lipinski definition) is 5. The van der Waals surface area contributed by atoms with Crippen molar-refractivity contribution in [2.75, 3.05) is 20.2 Å². The number of para-hydroxylation sites is 1. The second-order valence-corrected chi connectivity index (χ2v) is 6.24. The topological polar surface area (TPSA) is 99.3 Å². The van der Waals surface area contributed by atoms with Gasteiger partial charge in [0.2, 0.25) is 5.91 Å². The number of nitrogens with one attached hydrogen (secondary N) is 3. The van der Waals surface area contributed by atoms with E-state index in [1.165, 1.54) is 0 Å². The van der Waals surface area contributed by atoms with Gasteiger partial charge in [-0.25, -0.2) is 4.98 Å². The highest BCUT2D eigenvalue weighted by molar-refractivity contribution is 5.82. The summed E-state index contributed by atoms with van der Waals surface area (Å²) < 4.78 is 5.47. The number of amides is 2. The maximum absolute atomic E-state index is 12.2. The highest BCUT2D eigenvalue weighted by Gasteiger charge is 2.37. The number of nitrogens with zero attached hydrogens (tertiary/aromatic N) is 2. The van der Waals surface area contributed by atoms with Crippen LogP contribution in [0.2, 0.25) is 0 Å². The summed E-state index contributed by atoms with van der Waals surface area (Å²) in [5, 5.41) is 5.65. The van der Waals surface area contributed by atoms with Gasteiger partial charge < -0.3 is 20.4 Å². The highest BCUT2D eigenvalue weighted by atomic mass is 16.5. The number of aromatic nitrogens is 2. The number of carbonyl (C=O) groups excluding carboxylic acids is 2. The zero-order valence-electron chi connectivity index (χ0n) is 14.6. The summed E-state index contributed by atoms with van der Waals surface area (Å²) in [6.07, 6.45) is 3.91. The van der Waals surface area contributed by atoms with Crippen LogP contribution in [0.15, 0.2) is 42.9 Å². The van der Waals surface area contributed by atoms with Crippen molar-refractivity contribution < 1.29 is 14.3 Å². The lowest BCUT2D eigenvalue weighted by molar-refractivity contribution is -0.125. The molecule has 1 aromatic carbocycles. The molecule has 0 radical (unpaired) electrons. The van der Waals surface area contributed by atoms with E-state index in [1.807, 2.05) is 23.1 Å². The Morgan fingerprint density at radius 1 is 1.35 bits per heavy atom. The summed E-state index contributed by atoms with van der Waals surface area (Å²) in [6.45, 7) is 1.12. The summed E-state index contributed by atoms with van der Waals surface area (Å²) in [6, 6.07) is 8.80. The van der Waals surface area contributed by atoms with Crippen molar-refractivity contribution in [3.05, 3.63) is 48.5 Å². The number of rotatable bonds is 7. The average molecular weight is 357 g/mol. The number of aromatic amines is 1. The normalized spacial score (nSPS) is 19.9. The van der Waals surface area contributed by atoms with E-state index in [4.69, 9.17) is 4.74 Å². The van der Waals surface area contributed by atoms with Gasteiger partial charge in [-0.15, -0.1) is 0 Å². The third kappa shape index (κ3) is 4.60. The molecule has 8 nitrogen and oxygen atoms in total. The molecule has 0 unspecified atom stereocenters. The van der Waals surface area contributed by atoms with Gasteiger partial charge >= 0.3 is 0 Å². The van der Waals surface area contributed by atoms with Gasteiger partial charge in [-0.1, -0.05) is 18.2 Å². The van der Waals surface area contributed by atoms with E-state index in [9.17, 15) is 9.59 Å². The van der Waals surface area contributed by atoms with Crippen molar-refractivity contribution in [1.29, 1.82) is 0 Å². The molecule has 26 heavy (non-hydrogen) atoms. The van der Waals surface area contributed by atoms with Crippen molar-refractivity contribution >= 4 is 11.8 Å². The van der Waals surface area contributed by atoms with Crippen molar-refractivity contribution in [3.8, 4) is 5.75 Å². The number of likely N-dealkylation sites (tertiary alicyclic amines) is 1. The van der Waals surface area contributed by atoms with E-state index in [1.54, 1.807) is 31.7 Å². The number of hydrogen-bond donors (Lipinski definition) is 3. The van der Waals surface area contributed by atoms with Crippen molar-refractivity contribution in [2.45, 2.75) is 25.0 Å². The van der Waals surface area contributed by atoms with Gasteiger partial charge in [0, 0.05) is 38.1 Å². The first kappa shape index (κ1) is 17.9. The molecule has 8 heteroatoms. The number of ether oxygens (including phenoxy) is 1. The molecule has 2 heterocycles. The molecule has 1 fully saturated rings. The molecular formula is C18H23N5O3. The van der Waals surface area contributed by atoms with E-state index >= 15 is 0 Å². The van der Waals surface area contributed by atoms with Crippen LogP contribution < -0.4 is 15.4 Å². The molecule has 0 saturated carbocycles. The van der Waals surface area contributed by atoms with Gasteiger partial charge in [-0.3, -0.25) is 14.5 Å². The molecule has 1 aromatic heterocycles. The lowest BCUT2D eigenvalue weighted by atomic mass is 10.1. The Morgan fingerprint density at radius 3 is 2.85 bits per heavy atom. The molecule has 2 aromatic rings. The highest BCUT2D eigenvalue weighted by Crippen LogP contribution is 2.20. The van der Waals surface area contributed by atoms with Crippen LogP contribution in [0, 0.1) is 0 Å². The lowest BCUT2D eigenvalue weighted by Crippen LogP contribution is -2.41. The Labute approximate surface area is 151 Å². The summed E-state index contributed by atoms with van der Waals surface area (Å²) in [7, 11) is 1.62. The molecule has 0 bridgehead atoms. The van der Waals surface area contributed by atoms with Gasteiger partial charge in [0.25, 0.3) is 5.91 Å². The Kier molecular flexibility index (Phi) is 5.85. The van der Waals surface area contributed by atoms with Crippen LogP contribution in [0.1, 0.15) is 12.1 Å². The fourth-order valence-electron chi connectivity index (χ4n) is 3.15. The molecule has 0 aliphatic carbocycles. The fourth-order valence-corrected chi connectivity index (χ4v) is 3.15. The number of benzene rings is 1. The number of H-pyrrole nitrogens is 1. The second-order valence-electron chi connectivity index (χ2n) is 6.24. The Hall–Kier alpha value is -2.87. The Morgan fingerprint density at radius 2 is 2.15 bits per heavy atom. The predicted molar refractivity (Wildman–Crippen MR) is 95.3 cm³/mol. The summed E-state index contributed by atoms with van der Waals surface area (Å²) >= 11 is 0. The summed E-state index contributed by atoms with van der Waals surface area (Å²) in [5.74, 6) is 0.401. The van der Waals surface area contributed by atoms with E-state index in [2.05, 4.69) is 20.6 Å². The van der Waals surface area contributed by atoms with Crippen molar-refractivity contribution in [1.82, 2.24) is 25.5 Å². The molecule has 1 aliphatic rings. The Balaban J connectivity index is 1.54. The second kappa shape index (κ2) is 8.48. The molecule has 2 atom stereocenters. The van der Waals surface area contributed by atoms with Crippen LogP contribution in [0.25, 0.3) is 0 Å². The van der Waals surface area contributed by atoms with E-state index in [0.29, 0.717) is 25.3 Å². The molecular weight excluding hydrogens is 334 g/mol. The molecule has 3 rings (SSSR count). The van der Waals surface area contributed by atoms with Gasteiger partial charge in [0.05, 0.1) is 12.4 Å². The monoisotopic (exact) mass is 357 g/mol. The quantitative estimate of drug-likeness (QED) is 0.662. The lowest BCUT2D eigenvalue weighted by Gasteiger charge is -2.21. The first-order chi connectivity index (χ1) is 12.7. The first-order valence-corrected chi connectivity index (χ1v) is 8.56. The number of likely N-dealkylation sites (N-methyl/N-ethyl adjacent to an activating group) is 1. The van der Waals surface area contributed by atoms with Gasteiger partial charge in [-0.2, -0.15) is 0 Å². The third-order valence-corrected chi connectivity index (χ3v) is 4.36. The molecule has 3 N–H and O–H groups in total. The third-order valence-electron chi connectivity index (χ3n) is 4.36. The van der Waals surface area contributed by atoms with E-state index < -0.39 is 0 Å². The van der Waals surface area contributed by atoms with Crippen LogP contribution in [0.3, 0.4) is 0 Å². The van der Waals surface area contributed by atoms with Crippen molar-refractivity contribution in [3.63, 3.8) is 0 Å². The van der Waals surface area contributed by atoms with E-state index in [-0.39, 0.29) is 30.5 Å². The Bertz CT molecular complexity index is 720. The maximum Gasteiger partial charge on any atom is 0.258 e. The summed E-state index contributed by atoms with van der Waals surface area (Å²) in [4.78, 5) is 33.4. The fraction of sp³-hybridized carbons (Fsp3) is 0.389. The minimum atomic E-state index is -0.288. The summed E-state index contributed by atoms with van der Waals surface area (Å²) in [5.41, 5.74) is 0.929. The first-order valence-electron chi connectivity index (χ1n) is 8.56. The van der Waals surface area contributed by atoms with Crippen LogP contribution in [0.4, 0.5) is 0 Å². The van der Waals surface area contributed by atoms with Gasteiger partial charge in [0.1, 0.15) is 5.75 Å². The molecule has 1 aliphatic heterocycles. The number of imidazole rings is 1. The minimum absolute atomic E-state index is 0.0499. The van der Waals surface area contributed by atoms with Gasteiger partial charge in [-0.05, 0) is 18.6 Å². The zero-order chi connectivity index (χ0) is 18.4. The maximum atomic E-state index is 12.2. The van der Waals surface area contributed by atoms with Gasteiger partial charge in [0.15, 0.2) is 6.61 Å². The number of carbonyl (C=O) groups is 2. The molecule has 138 valence electrons. The minimum Gasteiger partial charge on any atom is -0.484 e. The molecule has 2 amide bonds. The zero-order valence-corrected chi connectivity index (χ0v) is 14.6. The SMILES string of the molecule is CNC(=O)[C@@H]1C[C@@H](NC(=O)COc2ccccc2)CN1Cc1cnc[nH]1. The average Bonchev–Trinajstić information content (AvgIpc) is 3.30. The standard InChI is InChI=1S/C18H23N5O3/c1-19-18(25)16-7-13(9-23(16)10-14-8-20-12-21-14)22-17(24)11-26-15-5-3-2-4-6-15/h2-6,8,12-13,16H,7,9-11H2,1H3,(H,19,25)(H,20,21)(H,22,24)/t13-,16+/m1/s1. The van der Waals surface area contributed by atoms with Crippen LogP contribution >= 0.6 is 0 Å². The smallest absolute Gasteiger partial charge is 0.258 e. The molecule has 0 spiro atoms. The largest absolute Gasteiger partial charge is 0.484 e. The van der Waals surface area contributed by atoms with Crippen LogP contribution in [-0.2, 0) is 16.1 Å². The van der Waals surface area contributed by atoms with Crippen LogP contribution in [-0.4, -0.2) is 59.0 Å². The van der Waals surface area contributed by atoms with Crippen LogP contribution in [0.5, 0.6) is 5.75 Å². The molecule has 1 saturated heterocycles.